The molecule has 5 nitrogen and oxygen atoms in total. The van der Waals surface area contributed by atoms with E-state index in [1.807, 2.05) is 19.1 Å². The Morgan fingerprint density at radius 2 is 1.92 bits per heavy atom. The van der Waals surface area contributed by atoms with Gasteiger partial charge in [0.25, 0.3) is 11.5 Å². The Bertz CT molecular complexity index is 710. The second-order valence-corrected chi connectivity index (χ2v) is 6.07. The third-order valence-corrected chi connectivity index (χ3v) is 4.01. The Morgan fingerprint density at radius 3 is 2.58 bits per heavy atom. The van der Waals surface area contributed by atoms with Crippen LogP contribution in [0.1, 0.15) is 56.3 Å². The highest BCUT2D eigenvalue weighted by atomic mass is 16.2. The van der Waals surface area contributed by atoms with Crippen molar-refractivity contribution in [3.63, 3.8) is 0 Å². The van der Waals surface area contributed by atoms with E-state index in [1.165, 1.54) is 19.3 Å². The number of H-pyrrole nitrogens is 1. The van der Waals surface area contributed by atoms with Crippen molar-refractivity contribution in [3.8, 4) is 11.3 Å². The third-order valence-electron chi connectivity index (χ3n) is 4.01. The van der Waals surface area contributed by atoms with Crippen molar-refractivity contribution in [1.29, 1.82) is 0 Å². The SMILES string of the molecule is CCCCCC[C@H](C)NC(=O)c1ccc(-c2ccncc2)[nH]c1=O. The Morgan fingerprint density at radius 1 is 1.17 bits per heavy atom. The van der Waals surface area contributed by atoms with Gasteiger partial charge in [0.2, 0.25) is 0 Å². The Labute approximate surface area is 142 Å². The number of nitrogens with one attached hydrogen (secondary N) is 2. The zero-order valence-corrected chi connectivity index (χ0v) is 14.3. The lowest BCUT2D eigenvalue weighted by Crippen LogP contribution is -2.35. The van der Waals surface area contributed by atoms with Crippen molar-refractivity contribution >= 4 is 5.91 Å². The molecule has 2 aromatic rings. The van der Waals surface area contributed by atoms with Gasteiger partial charge in [0.1, 0.15) is 5.56 Å². The molecule has 2 aromatic heterocycles. The van der Waals surface area contributed by atoms with E-state index in [9.17, 15) is 9.59 Å². The number of carbonyl (C=O) groups excluding carboxylic acids is 1. The summed E-state index contributed by atoms with van der Waals surface area (Å²) in [6.07, 6.45) is 8.93. The van der Waals surface area contributed by atoms with Gasteiger partial charge in [-0.2, -0.15) is 0 Å². The molecule has 0 fully saturated rings. The molecular weight excluding hydrogens is 302 g/mol. The van der Waals surface area contributed by atoms with Crippen LogP contribution in [-0.2, 0) is 0 Å². The minimum absolute atomic E-state index is 0.0635. The van der Waals surface area contributed by atoms with Gasteiger partial charge in [-0.3, -0.25) is 14.6 Å². The number of hydrogen-bond acceptors (Lipinski definition) is 3. The molecule has 1 atom stereocenters. The number of nitrogens with zero attached hydrogens (tertiary/aromatic N) is 1. The van der Waals surface area contributed by atoms with E-state index >= 15 is 0 Å². The van der Waals surface area contributed by atoms with E-state index in [-0.39, 0.29) is 23.1 Å². The first-order chi connectivity index (χ1) is 11.6. The Kier molecular flexibility index (Phi) is 6.73. The maximum atomic E-state index is 12.3. The van der Waals surface area contributed by atoms with Gasteiger partial charge in [-0.05, 0) is 37.6 Å². The monoisotopic (exact) mass is 327 g/mol. The van der Waals surface area contributed by atoms with Crippen LogP contribution >= 0.6 is 0 Å². The lowest BCUT2D eigenvalue weighted by Gasteiger charge is -2.13. The first-order valence-electron chi connectivity index (χ1n) is 8.56. The van der Waals surface area contributed by atoms with E-state index < -0.39 is 0 Å². The van der Waals surface area contributed by atoms with E-state index in [0.717, 1.165) is 18.4 Å². The molecule has 0 aromatic carbocycles. The standard InChI is InChI=1S/C19H25N3O2/c1-3-4-5-6-7-14(2)21-18(23)16-8-9-17(22-19(16)24)15-10-12-20-13-11-15/h8-14H,3-7H2,1-2H3,(H,21,23)(H,22,24)/t14-/m0/s1. The van der Waals surface area contributed by atoms with Crippen LogP contribution in [0, 0.1) is 0 Å². The summed E-state index contributed by atoms with van der Waals surface area (Å²) in [7, 11) is 0. The Hall–Kier alpha value is -2.43. The van der Waals surface area contributed by atoms with E-state index in [4.69, 9.17) is 0 Å². The second kappa shape index (κ2) is 9.01. The van der Waals surface area contributed by atoms with Crippen molar-refractivity contribution in [2.45, 2.75) is 52.0 Å². The molecular formula is C19H25N3O2. The second-order valence-electron chi connectivity index (χ2n) is 6.07. The zero-order valence-electron chi connectivity index (χ0n) is 14.3. The van der Waals surface area contributed by atoms with Crippen LogP contribution < -0.4 is 10.9 Å². The topological polar surface area (TPSA) is 74.8 Å². The molecule has 2 rings (SSSR count). The summed E-state index contributed by atoms with van der Waals surface area (Å²) in [6.45, 7) is 4.15. The van der Waals surface area contributed by atoms with Gasteiger partial charge in [0.15, 0.2) is 0 Å². The predicted octanol–water partition coefficient (Wildman–Crippen LogP) is 3.53. The van der Waals surface area contributed by atoms with Crippen LogP contribution in [0.15, 0.2) is 41.5 Å². The van der Waals surface area contributed by atoms with E-state index in [2.05, 4.69) is 22.2 Å². The molecule has 0 bridgehead atoms. The zero-order chi connectivity index (χ0) is 17.4. The predicted molar refractivity (Wildman–Crippen MR) is 96.0 cm³/mol. The number of rotatable bonds is 8. The highest BCUT2D eigenvalue weighted by molar-refractivity contribution is 5.94. The van der Waals surface area contributed by atoms with Crippen molar-refractivity contribution in [2.24, 2.45) is 0 Å². The van der Waals surface area contributed by atoms with Gasteiger partial charge in [-0.15, -0.1) is 0 Å². The molecule has 0 radical (unpaired) electrons. The average molecular weight is 327 g/mol. The molecule has 0 spiro atoms. The first-order valence-corrected chi connectivity index (χ1v) is 8.56. The van der Waals surface area contributed by atoms with Gasteiger partial charge in [-0.25, -0.2) is 0 Å². The molecule has 0 aliphatic rings. The van der Waals surface area contributed by atoms with Crippen molar-refractivity contribution in [2.75, 3.05) is 0 Å². The minimum Gasteiger partial charge on any atom is -0.349 e. The highest BCUT2D eigenvalue weighted by Crippen LogP contribution is 2.14. The minimum atomic E-state index is -0.375. The number of hydrogen-bond donors (Lipinski definition) is 2. The normalized spacial score (nSPS) is 11.9. The molecule has 0 aliphatic carbocycles. The molecule has 128 valence electrons. The van der Waals surface area contributed by atoms with Crippen LogP contribution in [0.3, 0.4) is 0 Å². The fraction of sp³-hybridized carbons (Fsp3) is 0.421. The summed E-state index contributed by atoms with van der Waals surface area (Å²) in [5.41, 5.74) is 1.30. The lowest BCUT2D eigenvalue weighted by atomic mass is 10.1. The van der Waals surface area contributed by atoms with Crippen LogP contribution in [0.2, 0.25) is 0 Å². The number of carbonyl (C=O) groups is 1. The quantitative estimate of drug-likeness (QED) is 0.728. The number of aromatic amines is 1. The molecule has 2 N–H and O–H groups in total. The molecule has 0 saturated heterocycles. The molecule has 5 heteroatoms. The van der Waals surface area contributed by atoms with Gasteiger partial charge in [-0.1, -0.05) is 32.6 Å². The maximum Gasteiger partial charge on any atom is 0.261 e. The Balaban J connectivity index is 1.99. The van der Waals surface area contributed by atoms with Crippen LogP contribution in [-0.4, -0.2) is 21.9 Å². The summed E-state index contributed by atoms with van der Waals surface area (Å²) in [6, 6.07) is 7.01. The van der Waals surface area contributed by atoms with E-state index in [1.54, 1.807) is 24.5 Å². The number of unbranched alkanes of at least 4 members (excludes halogenated alkanes) is 3. The lowest BCUT2D eigenvalue weighted by molar-refractivity contribution is 0.0936. The number of aromatic nitrogens is 2. The molecule has 1 amide bonds. The summed E-state index contributed by atoms with van der Waals surface area (Å²) in [5, 5.41) is 2.90. The van der Waals surface area contributed by atoms with Gasteiger partial charge in [0, 0.05) is 29.7 Å². The van der Waals surface area contributed by atoms with Crippen LogP contribution in [0.25, 0.3) is 11.3 Å². The molecule has 24 heavy (non-hydrogen) atoms. The third kappa shape index (κ3) is 5.05. The summed E-state index contributed by atoms with van der Waals surface area (Å²) in [5.74, 6) is -0.319. The number of amides is 1. The highest BCUT2D eigenvalue weighted by Gasteiger charge is 2.13. The molecule has 0 unspecified atom stereocenters. The van der Waals surface area contributed by atoms with Crippen LogP contribution in [0.4, 0.5) is 0 Å². The van der Waals surface area contributed by atoms with Gasteiger partial charge in [0.05, 0.1) is 0 Å². The smallest absolute Gasteiger partial charge is 0.261 e. The maximum absolute atomic E-state index is 12.3. The van der Waals surface area contributed by atoms with Crippen LogP contribution in [0.5, 0.6) is 0 Å². The summed E-state index contributed by atoms with van der Waals surface area (Å²) < 4.78 is 0. The molecule has 0 saturated carbocycles. The van der Waals surface area contributed by atoms with Crippen molar-refractivity contribution < 1.29 is 4.79 Å². The fourth-order valence-corrected chi connectivity index (χ4v) is 2.60. The van der Waals surface area contributed by atoms with E-state index in [0.29, 0.717) is 5.69 Å². The molecule has 0 aliphatic heterocycles. The average Bonchev–Trinajstić information content (AvgIpc) is 2.59. The largest absolute Gasteiger partial charge is 0.349 e. The fourth-order valence-electron chi connectivity index (χ4n) is 2.60. The summed E-state index contributed by atoms with van der Waals surface area (Å²) >= 11 is 0. The summed E-state index contributed by atoms with van der Waals surface area (Å²) in [4.78, 5) is 31.2. The van der Waals surface area contributed by atoms with Crippen molar-refractivity contribution in [1.82, 2.24) is 15.3 Å². The molecule has 2 heterocycles. The number of pyridine rings is 2. The van der Waals surface area contributed by atoms with Crippen molar-refractivity contribution in [3.05, 3.63) is 52.6 Å². The van der Waals surface area contributed by atoms with Gasteiger partial charge < -0.3 is 10.3 Å². The first kappa shape index (κ1) is 17.9. The van der Waals surface area contributed by atoms with Gasteiger partial charge >= 0.3 is 0 Å².